The predicted octanol–water partition coefficient (Wildman–Crippen LogP) is 5.42. The summed E-state index contributed by atoms with van der Waals surface area (Å²) >= 11 is 0.395. The summed E-state index contributed by atoms with van der Waals surface area (Å²) in [5, 5.41) is 4.54. The van der Waals surface area contributed by atoms with Crippen LogP contribution in [-0.2, 0) is 0 Å². The van der Waals surface area contributed by atoms with Crippen molar-refractivity contribution in [3.63, 3.8) is 0 Å². The summed E-state index contributed by atoms with van der Waals surface area (Å²) in [5.41, 5.74) is 0.686. The second kappa shape index (κ2) is 7.53. The second-order valence-electron chi connectivity index (χ2n) is 5.23. The second-order valence-corrected chi connectivity index (χ2v) is 6.26. The van der Waals surface area contributed by atoms with Gasteiger partial charge in [0.15, 0.2) is 0 Å². The number of thioether (sulfide) groups is 1. The maximum absolute atomic E-state index is 12.7. The molecule has 0 aliphatic carbocycles. The number of anilines is 1. The van der Waals surface area contributed by atoms with Crippen molar-refractivity contribution in [2.75, 3.05) is 12.4 Å². The number of methoxy groups -OCH3 is 1. The van der Waals surface area contributed by atoms with Crippen molar-refractivity contribution in [1.29, 1.82) is 0 Å². The summed E-state index contributed by atoms with van der Waals surface area (Å²) in [6.45, 7) is 0. The van der Waals surface area contributed by atoms with Crippen molar-refractivity contribution in [1.82, 2.24) is 0 Å². The fraction of sp³-hybridized carbons (Fsp3) is 0.105. The van der Waals surface area contributed by atoms with Crippen LogP contribution in [0.2, 0.25) is 0 Å². The Bertz CT molecular complexity index is 915. The maximum atomic E-state index is 12.7. The van der Waals surface area contributed by atoms with Gasteiger partial charge in [0.05, 0.1) is 18.4 Å². The quantitative estimate of drug-likeness (QED) is 0.619. The number of carbonyl (C=O) groups is 1. The zero-order valence-electron chi connectivity index (χ0n) is 13.3. The third-order valence-electron chi connectivity index (χ3n) is 3.66. The van der Waals surface area contributed by atoms with E-state index in [2.05, 4.69) is 5.32 Å². The van der Waals surface area contributed by atoms with Gasteiger partial charge in [-0.3, -0.25) is 4.79 Å². The van der Waals surface area contributed by atoms with Gasteiger partial charge in [-0.15, -0.1) is 0 Å². The Hall–Kier alpha value is -2.60. The van der Waals surface area contributed by atoms with Gasteiger partial charge < -0.3 is 10.1 Å². The molecule has 3 aromatic rings. The molecule has 25 heavy (non-hydrogen) atoms. The van der Waals surface area contributed by atoms with Gasteiger partial charge in [-0.1, -0.05) is 48.2 Å². The summed E-state index contributed by atoms with van der Waals surface area (Å²) in [4.78, 5) is 13.0. The maximum Gasteiger partial charge on any atom is 0.288 e. The SMILES string of the molecule is COc1cc2ccccc2cc1C(=O)Nc1ccccc1SC(F)F. The number of ether oxygens (including phenoxy) is 1. The number of fused-ring (bicyclic) bond motifs is 1. The highest BCUT2D eigenvalue weighted by Crippen LogP contribution is 2.33. The summed E-state index contributed by atoms with van der Waals surface area (Å²) < 4.78 is 30.7. The van der Waals surface area contributed by atoms with Gasteiger partial charge in [0.1, 0.15) is 5.75 Å². The third kappa shape index (κ3) is 3.91. The number of hydrogen-bond acceptors (Lipinski definition) is 3. The molecule has 0 aliphatic heterocycles. The fourth-order valence-electron chi connectivity index (χ4n) is 2.52. The molecule has 3 aromatic carbocycles. The number of para-hydroxylation sites is 1. The molecule has 6 heteroatoms. The van der Waals surface area contributed by atoms with Gasteiger partial charge in [-0.25, -0.2) is 0 Å². The van der Waals surface area contributed by atoms with Crippen LogP contribution in [0.4, 0.5) is 14.5 Å². The third-order valence-corrected chi connectivity index (χ3v) is 4.45. The largest absolute Gasteiger partial charge is 0.496 e. The molecule has 0 aliphatic rings. The molecule has 0 unspecified atom stereocenters. The van der Waals surface area contributed by atoms with E-state index in [0.717, 1.165) is 10.8 Å². The first kappa shape index (κ1) is 17.2. The number of amides is 1. The van der Waals surface area contributed by atoms with Crippen LogP contribution in [0.3, 0.4) is 0 Å². The molecule has 0 saturated heterocycles. The molecule has 128 valence electrons. The number of rotatable bonds is 5. The Morgan fingerprint density at radius 1 is 1.04 bits per heavy atom. The van der Waals surface area contributed by atoms with E-state index in [1.54, 1.807) is 36.4 Å². The highest BCUT2D eigenvalue weighted by Gasteiger charge is 2.16. The zero-order chi connectivity index (χ0) is 17.8. The molecule has 1 N–H and O–H groups in total. The predicted molar refractivity (Wildman–Crippen MR) is 96.8 cm³/mol. The van der Waals surface area contributed by atoms with Crippen LogP contribution in [0.1, 0.15) is 10.4 Å². The van der Waals surface area contributed by atoms with E-state index < -0.39 is 11.7 Å². The van der Waals surface area contributed by atoms with E-state index >= 15 is 0 Å². The van der Waals surface area contributed by atoms with Gasteiger partial charge >= 0.3 is 0 Å². The molecule has 0 atom stereocenters. The van der Waals surface area contributed by atoms with Gasteiger partial charge in [-0.05, 0) is 35.0 Å². The lowest BCUT2D eigenvalue weighted by molar-refractivity contribution is 0.102. The summed E-state index contributed by atoms with van der Waals surface area (Å²) in [5.74, 6) is -2.55. The van der Waals surface area contributed by atoms with Gasteiger partial charge in [0.25, 0.3) is 11.7 Å². The van der Waals surface area contributed by atoms with Crippen LogP contribution in [0.15, 0.2) is 65.6 Å². The molecule has 0 fully saturated rings. The molecule has 0 spiro atoms. The van der Waals surface area contributed by atoms with Crippen LogP contribution in [0.5, 0.6) is 5.75 Å². The molecular formula is C19H15F2NO2S. The lowest BCUT2D eigenvalue weighted by Gasteiger charge is -2.13. The monoisotopic (exact) mass is 359 g/mol. The Kier molecular flexibility index (Phi) is 5.19. The Morgan fingerprint density at radius 3 is 2.36 bits per heavy atom. The van der Waals surface area contributed by atoms with E-state index in [0.29, 0.717) is 33.7 Å². The minimum absolute atomic E-state index is 0.311. The average molecular weight is 359 g/mol. The van der Waals surface area contributed by atoms with Crippen molar-refractivity contribution in [3.8, 4) is 5.75 Å². The van der Waals surface area contributed by atoms with Crippen LogP contribution < -0.4 is 10.1 Å². The van der Waals surface area contributed by atoms with Crippen LogP contribution >= 0.6 is 11.8 Å². The Balaban J connectivity index is 1.95. The number of carbonyl (C=O) groups excluding carboxylic acids is 1. The molecule has 0 aromatic heterocycles. The van der Waals surface area contributed by atoms with Gasteiger partial charge in [0, 0.05) is 4.90 Å². The number of halogens is 2. The first-order valence-corrected chi connectivity index (χ1v) is 8.38. The standard InChI is InChI=1S/C19H15F2NO2S/c1-24-16-11-13-7-3-2-6-12(13)10-14(16)18(23)22-15-8-4-5-9-17(15)25-19(20)21/h2-11,19H,1H3,(H,22,23). The minimum atomic E-state index is -2.56. The number of nitrogens with one attached hydrogen (secondary N) is 1. The number of benzene rings is 3. The lowest BCUT2D eigenvalue weighted by atomic mass is 10.1. The number of alkyl halides is 2. The highest BCUT2D eigenvalue weighted by molar-refractivity contribution is 7.99. The van der Waals surface area contributed by atoms with Crippen LogP contribution in [-0.4, -0.2) is 18.8 Å². The zero-order valence-corrected chi connectivity index (χ0v) is 14.1. The molecular weight excluding hydrogens is 344 g/mol. The molecule has 3 nitrogen and oxygen atoms in total. The summed E-state index contributed by atoms with van der Waals surface area (Å²) in [6.07, 6.45) is 0. The first-order chi connectivity index (χ1) is 12.1. The molecule has 0 bridgehead atoms. The van der Waals surface area contributed by atoms with Crippen molar-refractivity contribution < 1.29 is 18.3 Å². The van der Waals surface area contributed by atoms with E-state index in [1.165, 1.54) is 7.11 Å². The van der Waals surface area contributed by atoms with Crippen LogP contribution in [0.25, 0.3) is 10.8 Å². The summed E-state index contributed by atoms with van der Waals surface area (Å²) in [6, 6.07) is 17.6. The van der Waals surface area contributed by atoms with E-state index in [1.807, 2.05) is 24.3 Å². The molecule has 0 radical (unpaired) electrons. The molecule has 3 rings (SSSR count). The first-order valence-electron chi connectivity index (χ1n) is 7.50. The smallest absolute Gasteiger partial charge is 0.288 e. The minimum Gasteiger partial charge on any atom is -0.496 e. The molecule has 0 heterocycles. The normalized spacial score (nSPS) is 10.9. The number of hydrogen-bond donors (Lipinski definition) is 1. The average Bonchev–Trinajstić information content (AvgIpc) is 2.61. The van der Waals surface area contributed by atoms with Crippen molar-refractivity contribution in [3.05, 3.63) is 66.2 Å². The van der Waals surface area contributed by atoms with E-state index in [-0.39, 0.29) is 0 Å². The topological polar surface area (TPSA) is 38.3 Å². The van der Waals surface area contributed by atoms with E-state index in [4.69, 9.17) is 4.74 Å². The van der Waals surface area contributed by atoms with Crippen LogP contribution in [0, 0.1) is 0 Å². The van der Waals surface area contributed by atoms with Crippen molar-refractivity contribution in [2.24, 2.45) is 0 Å². The van der Waals surface area contributed by atoms with Crippen molar-refractivity contribution >= 4 is 34.1 Å². The lowest BCUT2D eigenvalue weighted by Crippen LogP contribution is -2.14. The summed E-state index contributed by atoms with van der Waals surface area (Å²) in [7, 11) is 1.49. The van der Waals surface area contributed by atoms with Gasteiger partial charge in [0.2, 0.25) is 0 Å². The van der Waals surface area contributed by atoms with Crippen molar-refractivity contribution in [2.45, 2.75) is 10.7 Å². The fourth-order valence-corrected chi connectivity index (χ4v) is 3.12. The molecule has 0 saturated carbocycles. The van der Waals surface area contributed by atoms with Gasteiger partial charge in [-0.2, -0.15) is 8.78 Å². The Morgan fingerprint density at radius 2 is 1.68 bits per heavy atom. The molecule has 1 amide bonds. The Labute approximate surface area is 148 Å². The highest BCUT2D eigenvalue weighted by atomic mass is 32.2. The van der Waals surface area contributed by atoms with E-state index in [9.17, 15) is 13.6 Å².